The number of hydrogen-bond donors (Lipinski definition) is 2. The molecular formula is C22H33N3O3S. The number of benzene rings is 2. The molecule has 0 spiro atoms. The Morgan fingerprint density at radius 3 is 2.07 bits per heavy atom. The summed E-state index contributed by atoms with van der Waals surface area (Å²) in [6.07, 6.45) is -0.487. The van der Waals surface area contributed by atoms with Gasteiger partial charge in [-0.25, -0.2) is 8.42 Å². The van der Waals surface area contributed by atoms with Crippen LogP contribution in [-0.2, 0) is 16.4 Å². The molecule has 0 aliphatic heterocycles. The van der Waals surface area contributed by atoms with Crippen molar-refractivity contribution in [3.8, 4) is 0 Å². The summed E-state index contributed by atoms with van der Waals surface area (Å²) in [4.78, 5) is 2.13. The molecule has 0 fully saturated rings. The van der Waals surface area contributed by atoms with E-state index in [4.69, 9.17) is 5.73 Å². The molecule has 0 aliphatic rings. The fraction of sp³-hybridized carbons (Fsp3) is 0.455. The lowest BCUT2D eigenvalue weighted by atomic mass is 10.0. The topological polar surface area (TPSA) is 86.9 Å². The molecule has 3 N–H and O–H groups in total. The van der Waals surface area contributed by atoms with Crippen LogP contribution < -0.4 is 10.6 Å². The first kappa shape index (κ1) is 23.3. The molecule has 0 saturated heterocycles. The third-order valence-electron chi connectivity index (χ3n) is 4.76. The van der Waals surface area contributed by atoms with Crippen molar-refractivity contribution in [2.24, 2.45) is 11.7 Å². The van der Waals surface area contributed by atoms with Gasteiger partial charge >= 0.3 is 0 Å². The Balaban J connectivity index is 2.18. The number of nitrogens with two attached hydrogens (primary N) is 1. The Morgan fingerprint density at radius 2 is 1.55 bits per heavy atom. The van der Waals surface area contributed by atoms with Gasteiger partial charge in [0.15, 0.2) is 0 Å². The molecule has 0 aliphatic carbocycles. The van der Waals surface area contributed by atoms with E-state index in [0.29, 0.717) is 13.0 Å². The Hall–Kier alpha value is -1.93. The molecular weight excluding hydrogens is 386 g/mol. The van der Waals surface area contributed by atoms with Crippen LogP contribution in [0.25, 0.3) is 0 Å². The maximum Gasteiger partial charge on any atom is 0.243 e. The molecule has 0 radical (unpaired) electrons. The number of sulfonamides is 1. The van der Waals surface area contributed by atoms with Crippen molar-refractivity contribution in [1.82, 2.24) is 4.31 Å². The third-order valence-corrected chi connectivity index (χ3v) is 6.60. The monoisotopic (exact) mass is 419 g/mol. The van der Waals surface area contributed by atoms with E-state index < -0.39 is 22.2 Å². The van der Waals surface area contributed by atoms with E-state index in [1.165, 1.54) is 4.31 Å². The van der Waals surface area contributed by atoms with Crippen molar-refractivity contribution in [2.45, 2.75) is 37.3 Å². The van der Waals surface area contributed by atoms with Crippen LogP contribution in [0.4, 0.5) is 5.69 Å². The second-order valence-electron chi connectivity index (χ2n) is 8.03. The predicted molar refractivity (Wildman–Crippen MR) is 118 cm³/mol. The highest BCUT2D eigenvalue weighted by Crippen LogP contribution is 2.21. The normalized spacial score (nSPS) is 14.2. The molecule has 0 heterocycles. The summed E-state index contributed by atoms with van der Waals surface area (Å²) in [7, 11) is 0.0629. The van der Waals surface area contributed by atoms with Crippen molar-refractivity contribution in [2.75, 3.05) is 32.1 Å². The minimum Gasteiger partial charge on any atom is -0.390 e. The van der Waals surface area contributed by atoms with Crippen LogP contribution >= 0.6 is 0 Å². The molecule has 0 saturated carbocycles. The minimum atomic E-state index is -3.74. The highest BCUT2D eigenvalue weighted by molar-refractivity contribution is 7.89. The molecule has 7 heteroatoms. The Morgan fingerprint density at radius 1 is 0.966 bits per heavy atom. The number of rotatable bonds is 10. The van der Waals surface area contributed by atoms with Crippen LogP contribution in [-0.4, -0.2) is 57.2 Å². The van der Waals surface area contributed by atoms with Gasteiger partial charge in [-0.1, -0.05) is 44.2 Å². The van der Waals surface area contributed by atoms with Crippen LogP contribution in [0.1, 0.15) is 19.4 Å². The van der Waals surface area contributed by atoms with Gasteiger partial charge in [0, 0.05) is 38.9 Å². The van der Waals surface area contributed by atoms with Gasteiger partial charge in [-0.3, -0.25) is 0 Å². The maximum absolute atomic E-state index is 13.2. The van der Waals surface area contributed by atoms with Gasteiger partial charge in [-0.15, -0.1) is 0 Å². The zero-order valence-corrected chi connectivity index (χ0v) is 18.5. The lowest BCUT2D eigenvalue weighted by Gasteiger charge is -2.29. The van der Waals surface area contributed by atoms with Gasteiger partial charge in [0.05, 0.1) is 11.0 Å². The van der Waals surface area contributed by atoms with E-state index in [1.807, 2.05) is 63.2 Å². The van der Waals surface area contributed by atoms with Gasteiger partial charge in [0.1, 0.15) is 0 Å². The van der Waals surface area contributed by atoms with Crippen LogP contribution in [0.15, 0.2) is 59.5 Å². The van der Waals surface area contributed by atoms with Crippen molar-refractivity contribution < 1.29 is 13.5 Å². The minimum absolute atomic E-state index is 0.0378. The van der Waals surface area contributed by atoms with Crippen molar-refractivity contribution in [3.05, 3.63) is 60.2 Å². The SMILES string of the molecule is CC(C)CN(CC(O)C(N)Cc1ccccc1)S(=O)(=O)c1ccc(N(C)C)cc1. The molecule has 6 nitrogen and oxygen atoms in total. The number of anilines is 1. The molecule has 2 rings (SSSR count). The first-order chi connectivity index (χ1) is 13.6. The zero-order chi connectivity index (χ0) is 21.6. The third kappa shape index (κ3) is 6.54. The number of aliphatic hydroxyl groups is 1. The van der Waals surface area contributed by atoms with Gasteiger partial charge < -0.3 is 15.7 Å². The summed E-state index contributed by atoms with van der Waals surface area (Å²) < 4.78 is 27.8. The quantitative estimate of drug-likeness (QED) is 0.617. The molecule has 0 amide bonds. The highest BCUT2D eigenvalue weighted by Gasteiger charge is 2.29. The lowest BCUT2D eigenvalue weighted by molar-refractivity contribution is 0.116. The van der Waals surface area contributed by atoms with E-state index in [2.05, 4.69) is 0 Å². The smallest absolute Gasteiger partial charge is 0.243 e. The van der Waals surface area contributed by atoms with Crippen LogP contribution in [0, 0.1) is 5.92 Å². The Kier molecular flexibility index (Phi) is 8.22. The molecule has 0 aromatic heterocycles. The van der Waals surface area contributed by atoms with Crippen LogP contribution in [0.5, 0.6) is 0 Å². The fourth-order valence-corrected chi connectivity index (χ4v) is 4.73. The second kappa shape index (κ2) is 10.2. The zero-order valence-electron chi connectivity index (χ0n) is 17.7. The van der Waals surface area contributed by atoms with Gasteiger partial charge in [0.25, 0.3) is 0 Å². The summed E-state index contributed by atoms with van der Waals surface area (Å²) in [5.41, 5.74) is 8.12. The van der Waals surface area contributed by atoms with Crippen molar-refractivity contribution in [3.63, 3.8) is 0 Å². The highest BCUT2D eigenvalue weighted by atomic mass is 32.2. The average Bonchev–Trinajstić information content (AvgIpc) is 2.67. The second-order valence-corrected chi connectivity index (χ2v) is 9.96. The van der Waals surface area contributed by atoms with E-state index in [9.17, 15) is 13.5 Å². The van der Waals surface area contributed by atoms with Gasteiger partial charge in [-0.05, 0) is 42.2 Å². The van der Waals surface area contributed by atoms with E-state index in [-0.39, 0.29) is 17.4 Å². The van der Waals surface area contributed by atoms with Crippen LogP contribution in [0.3, 0.4) is 0 Å². The molecule has 2 aromatic carbocycles. The van der Waals surface area contributed by atoms with Crippen molar-refractivity contribution in [1.29, 1.82) is 0 Å². The van der Waals surface area contributed by atoms with Crippen LogP contribution in [0.2, 0.25) is 0 Å². The molecule has 2 unspecified atom stereocenters. The van der Waals surface area contributed by atoms with E-state index in [1.54, 1.807) is 24.3 Å². The summed E-state index contributed by atoms with van der Waals surface area (Å²) in [5.74, 6) is 0.114. The molecule has 0 bridgehead atoms. The summed E-state index contributed by atoms with van der Waals surface area (Å²) >= 11 is 0. The standard InChI is InChI=1S/C22H33N3O3S/c1-17(2)15-25(16-22(26)21(23)14-18-8-6-5-7-9-18)29(27,28)20-12-10-19(11-13-20)24(3)4/h5-13,17,21-22,26H,14-16,23H2,1-4H3. The molecule has 29 heavy (non-hydrogen) atoms. The molecule has 2 atom stereocenters. The fourth-order valence-electron chi connectivity index (χ4n) is 3.11. The first-order valence-corrected chi connectivity index (χ1v) is 11.3. The first-order valence-electron chi connectivity index (χ1n) is 9.86. The van der Waals surface area contributed by atoms with Gasteiger partial charge in [0.2, 0.25) is 10.0 Å². The summed E-state index contributed by atoms with van der Waals surface area (Å²) in [6.45, 7) is 4.18. The predicted octanol–water partition coefficient (Wildman–Crippen LogP) is 2.33. The Bertz CT molecular complexity index is 853. The molecule has 160 valence electrons. The summed E-state index contributed by atoms with van der Waals surface area (Å²) in [6, 6.07) is 15.9. The maximum atomic E-state index is 13.2. The van der Waals surface area contributed by atoms with Gasteiger partial charge in [-0.2, -0.15) is 4.31 Å². The molecule has 2 aromatic rings. The lowest BCUT2D eigenvalue weighted by Crippen LogP contribution is -2.47. The van der Waals surface area contributed by atoms with E-state index >= 15 is 0 Å². The van der Waals surface area contributed by atoms with E-state index in [0.717, 1.165) is 11.3 Å². The average molecular weight is 420 g/mol. The Labute approximate surface area is 175 Å². The summed E-state index contributed by atoms with van der Waals surface area (Å²) in [5, 5.41) is 10.7. The number of hydrogen-bond acceptors (Lipinski definition) is 5. The van der Waals surface area contributed by atoms with Crippen molar-refractivity contribution >= 4 is 15.7 Å². The number of nitrogens with zero attached hydrogens (tertiary/aromatic N) is 2. The number of aliphatic hydroxyl groups excluding tert-OH is 1. The largest absolute Gasteiger partial charge is 0.390 e.